The maximum Gasteiger partial charge on any atom is 0.189 e. The maximum atomic E-state index is 6.42. The average Bonchev–Trinajstić information content (AvgIpc) is 2.77. The van der Waals surface area contributed by atoms with Gasteiger partial charge >= 0.3 is 0 Å². The first kappa shape index (κ1) is 13.5. The van der Waals surface area contributed by atoms with E-state index in [1.807, 2.05) is 30.3 Å². The molecule has 0 fully saturated rings. The van der Waals surface area contributed by atoms with Crippen LogP contribution in [-0.4, -0.2) is 9.97 Å². The van der Waals surface area contributed by atoms with Crippen LogP contribution in [0.15, 0.2) is 30.3 Å². The minimum atomic E-state index is 0.779. The number of thiazole rings is 1. The number of aromatic nitrogens is 2. The van der Waals surface area contributed by atoms with Gasteiger partial charge in [0.25, 0.3) is 0 Å². The van der Waals surface area contributed by atoms with Gasteiger partial charge in [-0.15, -0.1) is 0 Å². The number of rotatable bonds is 2. The molecule has 0 bridgehead atoms. The van der Waals surface area contributed by atoms with Crippen LogP contribution in [0.1, 0.15) is 30.5 Å². The Labute approximate surface area is 133 Å². The highest BCUT2D eigenvalue weighted by Crippen LogP contribution is 2.36. The molecule has 2 heterocycles. The smallest absolute Gasteiger partial charge is 0.189 e. The Kier molecular flexibility index (Phi) is 3.42. The second-order valence-electron chi connectivity index (χ2n) is 5.67. The lowest BCUT2D eigenvalue weighted by Crippen LogP contribution is -2.02. The number of anilines is 3. The van der Waals surface area contributed by atoms with E-state index >= 15 is 0 Å². The van der Waals surface area contributed by atoms with Crippen molar-refractivity contribution in [2.24, 2.45) is 0 Å². The van der Waals surface area contributed by atoms with Gasteiger partial charge in [-0.2, -0.15) is 4.98 Å². The molecule has 0 saturated heterocycles. The minimum Gasteiger partial charge on any atom is -0.397 e. The number of benzene rings is 1. The summed E-state index contributed by atoms with van der Waals surface area (Å²) in [6.07, 6.45) is 5.73. The summed E-state index contributed by atoms with van der Waals surface area (Å²) in [5, 5.41) is 4.18. The van der Waals surface area contributed by atoms with Crippen LogP contribution >= 0.6 is 11.3 Å². The first-order valence-corrected chi connectivity index (χ1v) is 8.53. The molecule has 1 aliphatic carbocycles. The molecule has 22 heavy (non-hydrogen) atoms. The Bertz CT molecular complexity index is 810. The van der Waals surface area contributed by atoms with E-state index in [-0.39, 0.29) is 0 Å². The fourth-order valence-electron chi connectivity index (χ4n) is 3.01. The zero-order chi connectivity index (χ0) is 14.9. The summed E-state index contributed by atoms with van der Waals surface area (Å²) in [4.78, 5) is 9.40. The molecule has 3 aromatic rings. The summed E-state index contributed by atoms with van der Waals surface area (Å²) in [7, 11) is 0. The SMILES string of the molecule is Nc1c2c(nc3nc(Nc4ccccc4)sc13)CCCCC2. The summed E-state index contributed by atoms with van der Waals surface area (Å²) in [6.45, 7) is 0. The average molecular weight is 310 g/mol. The lowest BCUT2D eigenvalue weighted by molar-refractivity contribution is 0.709. The van der Waals surface area contributed by atoms with Crippen molar-refractivity contribution >= 4 is 38.2 Å². The molecule has 0 radical (unpaired) electrons. The number of nitrogens with two attached hydrogens (primary N) is 1. The maximum absolute atomic E-state index is 6.42. The van der Waals surface area contributed by atoms with Crippen molar-refractivity contribution in [2.45, 2.75) is 32.1 Å². The van der Waals surface area contributed by atoms with E-state index in [9.17, 15) is 0 Å². The molecule has 112 valence electrons. The number of pyridine rings is 1. The van der Waals surface area contributed by atoms with Crippen LogP contribution in [0.4, 0.5) is 16.5 Å². The Morgan fingerprint density at radius 1 is 1.00 bits per heavy atom. The third kappa shape index (κ3) is 2.41. The van der Waals surface area contributed by atoms with E-state index in [0.717, 1.165) is 45.4 Å². The summed E-state index contributed by atoms with van der Waals surface area (Å²) >= 11 is 1.59. The Balaban J connectivity index is 1.76. The summed E-state index contributed by atoms with van der Waals surface area (Å²) in [5.74, 6) is 0. The predicted molar refractivity (Wildman–Crippen MR) is 92.8 cm³/mol. The number of aryl methyl sites for hydroxylation is 1. The number of hydrogen-bond donors (Lipinski definition) is 2. The van der Waals surface area contributed by atoms with Gasteiger partial charge in [0.15, 0.2) is 10.8 Å². The fourth-order valence-corrected chi connectivity index (χ4v) is 3.92. The zero-order valence-corrected chi connectivity index (χ0v) is 13.1. The molecule has 0 atom stereocenters. The number of nitrogens with one attached hydrogen (secondary N) is 1. The molecule has 0 amide bonds. The second kappa shape index (κ2) is 5.57. The quantitative estimate of drug-likeness (QED) is 0.693. The van der Waals surface area contributed by atoms with E-state index in [4.69, 9.17) is 10.7 Å². The van der Waals surface area contributed by atoms with E-state index < -0.39 is 0 Å². The van der Waals surface area contributed by atoms with Crippen LogP contribution in [0.25, 0.3) is 10.3 Å². The zero-order valence-electron chi connectivity index (χ0n) is 12.3. The highest BCUT2D eigenvalue weighted by atomic mass is 32.1. The highest BCUT2D eigenvalue weighted by molar-refractivity contribution is 7.22. The number of fused-ring (bicyclic) bond motifs is 2. The molecule has 0 saturated carbocycles. The Morgan fingerprint density at radius 2 is 1.82 bits per heavy atom. The van der Waals surface area contributed by atoms with E-state index in [0.29, 0.717) is 0 Å². The third-order valence-corrected chi connectivity index (χ3v) is 5.13. The molecule has 2 aromatic heterocycles. The number of nitrogens with zero attached hydrogens (tertiary/aromatic N) is 2. The highest BCUT2D eigenvalue weighted by Gasteiger charge is 2.18. The number of nitrogen functional groups attached to an aromatic ring is 1. The molecule has 0 aliphatic heterocycles. The van der Waals surface area contributed by atoms with E-state index in [2.05, 4.69) is 10.3 Å². The molecular weight excluding hydrogens is 292 g/mol. The lowest BCUT2D eigenvalue weighted by Gasteiger charge is -2.08. The van der Waals surface area contributed by atoms with Crippen LogP contribution in [0.3, 0.4) is 0 Å². The van der Waals surface area contributed by atoms with Crippen molar-refractivity contribution in [3.8, 4) is 0 Å². The Hall–Kier alpha value is -2.14. The van der Waals surface area contributed by atoms with Crippen molar-refractivity contribution in [3.63, 3.8) is 0 Å². The molecule has 4 rings (SSSR count). The van der Waals surface area contributed by atoms with Crippen molar-refractivity contribution in [2.75, 3.05) is 11.1 Å². The van der Waals surface area contributed by atoms with Crippen molar-refractivity contribution in [3.05, 3.63) is 41.6 Å². The van der Waals surface area contributed by atoms with Gasteiger partial charge in [0.1, 0.15) is 0 Å². The van der Waals surface area contributed by atoms with Crippen LogP contribution in [0, 0.1) is 0 Å². The molecule has 4 nitrogen and oxygen atoms in total. The normalized spacial score (nSPS) is 14.5. The summed E-state index contributed by atoms with van der Waals surface area (Å²) in [5.41, 5.74) is 11.5. The summed E-state index contributed by atoms with van der Waals surface area (Å²) < 4.78 is 1.01. The number of hydrogen-bond acceptors (Lipinski definition) is 5. The van der Waals surface area contributed by atoms with Gasteiger partial charge in [0.05, 0.1) is 10.4 Å². The van der Waals surface area contributed by atoms with E-state index in [1.54, 1.807) is 11.3 Å². The molecule has 1 aliphatic rings. The van der Waals surface area contributed by atoms with Gasteiger partial charge in [-0.3, -0.25) is 0 Å². The monoisotopic (exact) mass is 310 g/mol. The number of para-hydroxylation sites is 1. The summed E-state index contributed by atoms with van der Waals surface area (Å²) in [6, 6.07) is 10.1. The lowest BCUT2D eigenvalue weighted by atomic mass is 10.1. The van der Waals surface area contributed by atoms with Crippen LogP contribution in [0.2, 0.25) is 0 Å². The first-order valence-electron chi connectivity index (χ1n) is 7.71. The van der Waals surface area contributed by atoms with Crippen molar-refractivity contribution in [1.29, 1.82) is 0 Å². The largest absolute Gasteiger partial charge is 0.397 e. The van der Waals surface area contributed by atoms with Crippen LogP contribution < -0.4 is 11.1 Å². The first-order chi connectivity index (χ1) is 10.8. The van der Waals surface area contributed by atoms with Crippen LogP contribution in [0.5, 0.6) is 0 Å². The van der Waals surface area contributed by atoms with Gasteiger partial charge in [0.2, 0.25) is 0 Å². The standard InChI is InChI=1S/C17H18N4S/c18-14-12-9-5-2-6-10-13(12)20-16-15(14)22-17(21-16)19-11-7-3-1-4-8-11/h1,3-4,7-8H,2,5-6,9-10H2,(H3,18,19,20,21). The van der Waals surface area contributed by atoms with E-state index in [1.165, 1.54) is 24.8 Å². The van der Waals surface area contributed by atoms with Gasteiger partial charge in [-0.1, -0.05) is 36.0 Å². The van der Waals surface area contributed by atoms with Gasteiger partial charge in [0, 0.05) is 11.4 Å². The molecular formula is C17H18N4S. The predicted octanol–water partition coefficient (Wildman–Crippen LogP) is 4.29. The topological polar surface area (TPSA) is 63.8 Å². The molecule has 5 heteroatoms. The molecule has 0 unspecified atom stereocenters. The third-order valence-electron chi connectivity index (χ3n) is 4.13. The van der Waals surface area contributed by atoms with Gasteiger partial charge in [-0.05, 0) is 43.4 Å². The Morgan fingerprint density at radius 3 is 2.68 bits per heavy atom. The van der Waals surface area contributed by atoms with Crippen molar-refractivity contribution < 1.29 is 0 Å². The van der Waals surface area contributed by atoms with Gasteiger partial charge in [-0.25, -0.2) is 4.98 Å². The molecule has 1 aromatic carbocycles. The molecule has 3 N–H and O–H groups in total. The minimum absolute atomic E-state index is 0.779. The van der Waals surface area contributed by atoms with Crippen LogP contribution in [-0.2, 0) is 12.8 Å². The fraction of sp³-hybridized carbons (Fsp3) is 0.294. The van der Waals surface area contributed by atoms with Crippen molar-refractivity contribution in [1.82, 2.24) is 9.97 Å². The second-order valence-corrected chi connectivity index (χ2v) is 6.67. The molecule has 0 spiro atoms. The van der Waals surface area contributed by atoms with Gasteiger partial charge < -0.3 is 11.1 Å².